The minimum absolute atomic E-state index is 0.852. The van der Waals surface area contributed by atoms with Crippen molar-refractivity contribution in [2.45, 2.75) is 6.92 Å². The van der Waals surface area contributed by atoms with Gasteiger partial charge in [-0.3, -0.25) is 0 Å². The Bertz CT molecular complexity index is 918. The second-order valence-corrected chi connectivity index (χ2v) is 8.70. The van der Waals surface area contributed by atoms with Gasteiger partial charge in [-0.25, -0.2) is 0 Å². The van der Waals surface area contributed by atoms with Gasteiger partial charge >= 0.3 is 0 Å². The fourth-order valence-corrected chi connectivity index (χ4v) is 3.92. The first kappa shape index (κ1) is 20.9. The number of anilines is 5. The first-order chi connectivity index (χ1) is 14.9. The third-order valence-corrected chi connectivity index (χ3v) is 5.89. The van der Waals surface area contributed by atoms with E-state index in [2.05, 4.69) is 132 Å². The molecule has 0 unspecified atom stereocenters. The fraction of sp³-hybridized carbons (Fsp3) is 0.308. The minimum atomic E-state index is 0.852. The third kappa shape index (κ3) is 4.71. The number of aryl methyl sites for hydroxylation is 1. The summed E-state index contributed by atoms with van der Waals surface area (Å²) in [6.07, 6.45) is 0. The van der Waals surface area contributed by atoms with Crippen molar-refractivity contribution >= 4 is 28.4 Å². The Morgan fingerprint density at radius 3 is 1.06 bits per heavy atom. The summed E-state index contributed by atoms with van der Waals surface area (Å²) in [5.74, 6) is 0. The Balaban J connectivity index is 1.63. The normalized spacial score (nSPS) is 14.0. The van der Waals surface area contributed by atoms with E-state index in [1.54, 1.807) is 0 Å². The first-order valence-electron chi connectivity index (χ1n) is 10.8. The van der Waals surface area contributed by atoms with Gasteiger partial charge in [-0.2, -0.15) is 0 Å². The summed E-state index contributed by atoms with van der Waals surface area (Å²) < 4.78 is 0. The standard InChI is InChI=1S/C26H33N5/c1-21-6-8-24(9-7-21)29-18-30(25-14-10-22(11-15-25)27(2)3)20-31(19-29)26-16-12-23(13-17-26)28(4)5/h6-17H,18-20H2,1-5H3. The molecule has 1 aliphatic rings. The fourth-order valence-electron chi connectivity index (χ4n) is 3.92. The van der Waals surface area contributed by atoms with Crippen LogP contribution in [0, 0.1) is 6.92 Å². The summed E-state index contributed by atoms with van der Waals surface area (Å²) in [4.78, 5) is 11.6. The van der Waals surface area contributed by atoms with Crippen molar-refractivity contribution in [1.29, 1.82) is 0 Å². The van der Waals surface area contributed by atoms with Gasteiger partial charge in [0.05, 0.1) is 20.0 Å². The highest BCUT2D eigenvalue weighted by Crippen LogP contribution is 2.28. The lowest BCUT2D eigenvalue weighted by atomic mass is 10.2. The molecule has 4 rings (SSSR count). The molecule has 0 bridgehead atoms. The van der Waals surface area contributed by atoms with E-state index in [-0.39, 0.29) is 0 Å². The molecule has 1 heterocycles. The molecule has 0 radical (unpaired) electrons. The highest BCUT2D eigenvalue weighted by atomic mass is 15.5. The molecule has 0 saturated carbocycles. The van der Waals surface area contributed by atoms with E-state index in [0.29, 0.717) is 0 Å². The SMILES string of the molecule is Cc1ccc(N2CN(c3ccc(N(C)C)cc3)CN(c3ccc(N(C)C)cc3)C2)cc1. The molecule has 1 saturated heterocycles. The van der Waals surface area contributed by atoms with E-state index < -0.39 is 0 Å². The number of nitrogens with zero attached hydrogens (tertiary/aromatic N) is 5. The van der Waals surface area contributed by atoms with Crippen molar-refractivity contribution in [1.82, 2.24) is 0 Å². The molecule has 3 aromatic carbocycles. The number of benzene rings is 3. The van der Waals surface area contributed by atoms with Crippen LogP contribution in [0.5, 0.6) is 0 Å². The van der Waals surface area contributed by atoms with E-state index in [1.807, 2.05) is 0 Å². The summed E-state index contributed by atoms with van der Waals surface area (Å²) in [5.41, 5.74) is 7.43. The van der Waals surface area contributed by atoms with Gasteiger partial charge < -0.3 is 24.5 Å². The molecule has 0 aromatic heterocycles. The van der Waals surface area contributed by atoms with Crippen LogP contribution < -0.4 is 24.5 Å². The molecule has 0 aliphatic carbocycles. The lowest BCUT2D eigenvalue weighted by Crippen LogP contribution is -2.55. The lowest BCUT2D eigenvalue weighted by molar-refractivity contribution is 0.611. The van der Waals surface area contributed by atoms with Gasteiger partial charge in [-0.15, -0.1) is 0 Å². The van der Waals surface area contributed by atoms with Crippen molar-refractivity contribution in [3.63, 3.8) is 0 Å². The Morgan fingerprint density at radius 2 is 0.774 bits per heavy atom. The van der Waals surface area contributed by atoms with Gasteiger partial charge in [0, 0.05) is 56.6 Å². The Morgan fingerprint density at radius 1 is 0.484 bits per heavy atom. The van der Waals surface area contributed by atoms with E-state index in [1.165, 1.54) is 34.0 Å². The molecular formula is C26H33N5. The zero-order valence-corrected chi connectivity index (χ0v) is 19.3. The van der Waals surface area contributed by atoms with E-state index in [0.717, 1.165) is 20.0 Å². The maximum atomic E-state index is 2.43. The van der Waals surface area contributed by atoms with Crippen LogP contribution in [0.25, 0.3) is 0 Å². The molecule has 3 aromatic rings. The van der Waals surface area contributed by atoms with Gasteiger partial charge in [0.2, 0.25) is 0 Å². The zero-order chi connectivity index (χ0) is 22.0. The average molecular weight is 416 g/mol. The number of rotatable bonds is 5. The monoisotopic (exact) mass is 415 g/mol. The Kier molecular flexibility index (Phi) is 5.94. The Labute approximate surface area is 186 Å². The topological polar surface area (TPSA) is 16.2 Å². The van der Waals surface area contributed by atoms with Crippen LogP contribution in [0.15, 0.2) is 72.8 Å². The Hall–Kier alpha value is -3.34. The molecule has 0 atom stereocenters. The van der Waals surface area contributed by atoms with Crippen molar-refractivity contribution in [3.05, 3.63) is 78.4 Å². The lowest BCUT2D eigenvalue weighted by Gasteiger charge is -2.45. The average Bonchev–Trinajstić information content (AvgIpc) is 2.79. The molecule has 31 heavy (non-hydrogen) atoms. The maximum Gasteiger partial charge on any atom is 0.0937 e. The molecular weight excluding hydrogens is 382 g/mol. The van der Waals surface area contributed by atoms with E-state index in [4.69, 9.17) is 0 Å². The molecule has 1 aliphatic heterocycles. The van der Waals surface area contributed by atoms with Crippen LogP contribution in [0.1, 0.15) is 5.56 Å². The van der Waals surface area contributed by atoms with Gasteiger partial charge in [0.25, 0.3) is 0 Å². The van der Waals surface area contributed by atoms with Gasteiger partial charge in [-0.05, 0) is 67.6 Å². The number of hydrogen-bond acceptors (Lipinski definition) is 5. The predicted molar refractivity (Wildman–Crippen MR) is 135 cm³/mol. The molecule has 162 valence electrons. The van der Waals surface area contributed by atoms with Gasteiger partial charge in [-0.1, -0.05) is 17.7 Å². The molecule has 0 amide bonds. The summed E-state index contributed by atoms with van der Waals surface area (Å²) >= 11 is 0. The third-order valence-electron chi connectivity index (χ3n) is 5.89. The maximum absolute atomic E-state index is 2.43. The van der Waals surface area contributed by atoms with Crippen LogP contribution in [-0.2, 0) is 0 Å². The van der Waals surface area contributed by atoms with Crippen LogP contribution in [0.3, 0.4) is 0 Å². The molecule has 0 spiro atoms. The highest BCUT2D eigenvalue weighted by molar-refractivity contribution is 5.62. The van der Waals surface area contributed by atoms with Gasteiger partial charge in [0.1, 0.15) is 0 Å². The zero-order valence-electron chi connectivity index (χ0n) is 19.3. The van der Waals surface area contributed by atoms with Crippen LogP contribution in [0.2, 0.25) is 0 Å². The van der Waals surface area contributed by atoms with Crippen molar-refractivity contribution in [2.24, 2.45) is 0 Å². The number of hydrogen-bond donors (Lipinski definition) is 0. The largest absolute Gasteiger partial charge is 0.378 e. The van der Waals surface area contributed by atoms with Crippen molar-refractivity contribution in [3.8, 4) is 0 Å². The minimum Gasteiger partial charge on any atom is -0.378 e. The van der Waals surface area contributed by atoms with Crippen LogP contribution in [0.4, 0.5) is 28.4 Å². The molecule has 1 fully saturated rings. The van der Waals surface area contributed by atoms with Crippen LogP contribution >= 0.6 is 0 Å². The van der Waals surface area contributed by atoms with Crippen molar-refractivity contribution in [2.75, 3.05) is 72.7 Å². The summed E-state index contributed by atoms with van der Waals surface area (Å²) in [5, 5.41) is 0. The second kappa shape index (κ2) is 8.80. The highest BCUT2D eigenvalue weighted by Gasteiger charge is 2.24. The summed E-state index contributed by atoms with van der Waals surface area (Å²) in [6.45, 7) is 4.70. The van der Waals surface area contributed by atoms with Crippen molar-refractivity contribution < 1.29 is 0 Å². The second-order valence-electron chi connectivity index (χ2n) is 8.70. The molecule has 0 N–H and O–H groups in total. The van der Waals surface area contributed by atoms with E-state index in [9.17, 15) is 0 Å². The summed E-state index contributed by atoms with van der Waals surface area (Å²) in [6, 6.07) is 26.5. The smallest absolute Gasteiger partial charge is 0.0937 e. The molecule has 5 nitrogen and oxygen atoms in total. The molecule has 5 heteroatoms. The first-order valence-corrected chi connectivity index (χ1v) is 10.8. The summed E-state index contributed by atoms with van der Waals surface area (Å²) in [7, 11) is 8.31. The van der Waals surface area contributed by atoms with Crippen LogP contribution in [-0.4, -0.2) is 48.2 Å². The van der Waals surface area contributed by atoms with Gasteiger partial charge in [0.15, 0.2) is 0 Å². The van der Waals surface area contributed by atoms with E-state index >= 15 is 0 Å². The quantitative estimate of drug-likeness (QED) is 0.591. The predicted octanol–water partition coefficient (Wildman–Crippen LogP) is 4.83.